The van der Waals surface area contributed by atoms with Crippen molar-refractivity contribution in [3.05, 3.63) is 265 Å². The van der Waals surface area contributed by atoms with Crippen molar-refractivity contribution in [3.8, 4) is 33.4 Å². The highest BCUT2D eigenvalue weighted by molar-refractivity contribution is 6.08. The molecule has 2 nitrogen and oxygen atoms in total. The van der Waals surface area contributed by atoms with Crippen LogP contribution in [-0.4, -0.2) is 0 Å². The molecule has 1 unspecified atom stereocenters. The Labute approximate surface area is 356 Å². The Morgan fingerprint density at radius 2 is 0.738 bits per heavy atom. The highest BCUT2D eigenvalue weighted by Gasteiger charge is 2.53. The zero-order valence-electron chi connectivity index (χ0n) is 33.5. The van der Waals surface area contributed by atoms with E-state index in [0.717, 1.165) is 39.7 Å². The third-order valence-electron chi connectivity index (χ3n) is 12.8. The van der Waals surface area contributed by atoms with Crippen LogP contribution in [0.4, 0.5) is 34.1 Å². The molecule has 1 atom stereocenters. The molecule has 12 rings (SSSR count). The predicted molar refractivity (Wildman–Crippen MR) is 255 cm³/mol. The normalized spacial score (nSPS) is 14.3. The van der Waals surface area contributed by atoms with Gasteiger partial charge in [-0.25, -0.2) is 0 Å². The smallest absolute Gasteiger partial charge is 0.0726 e. The monoisotopic (exact) mass is 776 g/mol. The van der Waals surface area contributed by atoms with Crippen LogP contribution in [0.3, 0.4) is 0 Å². The standard InChI is InChI=1S/C59H40N2/c1-5-20-44(21-6-1)60(45-22-7-2-8-23-45)48-36-33-41(34-37-48)43-39-55-58(56(40-43)61(46-24-9-3-10-25-46)47-26-11-4-12-27-47)51-30-16-18-32-53(51)59(55)52-31-17-15-29-50(52)57-49-28-14-13-19-42(49)35-38-54(57)59/h1-40H. The first kappa shape index (κ1) is 35.0. The summed E-state index contributed by atoms with van der Waals surface area (Å²) >= 11 is 0. The lowest BCUT2D eigenvalue weighted by molar-refractivity contribution is 0.794. The third-order valence-corrected chi connectivity index (χ3v) is 12.8. The number of anilines is 6. The Bertz CT molecular complexity index is 3150. The summed E-state index contributed by atoms with van der Waals surface area (Å²) in [5.41, 5.74) is 19.0. The Hall–Kier alpha value is -7.94. The molecule has 2 heteroatoms. The van der Waals surface area contributed by atoms with Crippen molar-refractivity contribution in [1.82, 2.24) is 0 Å². The van der Waals surface area contributed by atoms with Gasteiger partial charge in [0, 0.05) is 34.0 Å². The molecule has 0 saturated carbocycles. The summed E-state index contributed by atoms with van der Waals surface area (Å²) in [5, 5.41) is 2.55. The van der Waals surface area contributed by atoms with E-state index in [1.807, 2.05) is 0 Å². The van der Waals surface area contributed by atoms with Gasteiger partial charge in [-0.3, -0.25) is 0 Å². The van der Waals surface area contributed by atoms with Gasteiger partial charge >= 0.3 is 0 Å². The number of nitrogens with zero attached hydrogens (tertiary/aromatic N) is 2. The van der Waals surface area contributed by atoms with Gasteiger partial charge in [0.25, 0.3) is 0 Å². The fourth-order valence-electron chi connectivity index (χ4n) is 10.3. The second-order valence-corrected chi connectivity index (χ2v) is 16.0. The Morgan fingerprint density at radius 1 is 0.279 bits per heavy atom. The maximum Gasteiger partial charge on any atom is 0.0726 e. The molecule has 0 aromatic heterocycles. The van der Waals surface area contributed by atoms with Gasteiger partial charge in [-0.2, -0.15) is 0 Å². The quantitative estimate of drug-likeness (QED) is 0.159. The van der Waals surface area contributed by atoms with Crippen LogP contribution in [0.15, 0.2) is 243 Å². The molecule has 0 N–H and O–H groups in total. The lowest BCUT2D eigenvalue weighted by Gasteiger charge is -2.32. The summed E-state index contributed by atoms with van der Waals surface area (Å²) in [4.78, 5) is 4.79. The minimum Gasteiger partial charge on any atom is -0.311 e. The van der Waals surface area contributed by atoms with Gasteiger partial charge in [0.05, 0.1) is 11.1 Å². The molecule has 61 heavy (non-hydrogen) atoms. The Morgan fingerprint density at radius 3 is 1.31 bits per heavy atom. The first-order valence-corrected chi connectivity index (χ1v) is 21.1. The van der Waals surface area contributed by atoms with Crippen molar-refractivity contribution < 1.29 is 0 Å². The molecule has 10 aromatic carbocycles. The second kappa shape index (κ2) is 14.1. The molecule has 0 radical (unpaired) electrons. The van der Waals surface area contributed by atoms with Crippen LogP contribution in [0.5, 0.6) is 0 Å². The molecule has 10 aromatic rings. The van der Waals surface area contributed by atoms with Crippen LogP contribution >= 0.6 is 0 Å². The molecule has 286 valence electrons. The first-order chi connectivity index (χ1) is 30.3. The van der Waals surface area contributed by atoms with Crippen molar-refractivity contribution in [3.63, 3.8) is 0 Å². The Balaban J connectivity index is 1.16. The molecular weight excluding hydrogens is 737 g/mol. The van der Waals surface area contributed by atoms with Crippen LogP contribution in [0.2, 0.25) is 0 Å². The van der Waals surface area contributed by atoms with E-state index in [2.05, 4.69) is 252 Å². The molecule has 2 aliphatic carbocycles. The van der Waals surface area contributed by atoms with Crippen molar-refractivity contribution >= 4 is 44.9 Å². The van der Waals surface area contributed by atoms with Crippen molar-refractivity contribution in [2.45, 2.75) is 5.41 Å². The number of hydrogen-bond donors (Lipinski definition) is 0. The third kappa shape index (κ3) is 5.36. The molecule has 2 aliphatic rings. The van der Waals surface area contributed by atoms with Crippen LogP contribution in [0.1, 0.15) is 22.3 Å². The number of benzene rings is 10. The predicted octanol–water partition coefficient (Wildman–Crippen LogP) is 15.8. The zero-order valence-corrected chi connectivity index (χ0v) is 33.5. The van der Waals surface area contributed by atoms with E-state index >= 15 is 0 Å². The summed E-state index contributed by atoms with van der Waals surface area (Å²) in [6.07, 6.45) is 0. The average molecular weight is 777 g/mol. The topological polar surface area (TPSA) is 6.48 Å². The van der Waals surface area contributed by atoms with Gasteiger partial charge in [0.15, 0.2) is 0 Å². The van der Waals surface area contributed by atoms with Crippen LogP contribution in [0.25, 0.3) is 44.2 Å². The van der Waals surface area contributed by atoms with Gasteiger partial charge < -0.3 is 9.80 Å². The molecular formula is C59H40N2. The summed E-state index contributed by atoms with van der Waals surface area (Å²) in [6.45, 7) is 0. The lowest BCUT2D eigenvalue weighted by Crippen LogP contribution is -2.26. The minimum absolute atomic E-state index is 0.539. The van der Waals surface area contributed by atoms with Gasteiger partial charge in [-0.05, 0) is 134 Å². The highest BCUT2D eigenvalue weighted by atomic mass is 15.1. The van der Waals surface area contributed by atoms with Crippen molar-refractivity contribution in [1.29, 1.82) is 0 Å². The van der Waals surface area contributed by atoms with Crippen LogP contribution < -0.4 is 9.80 Å². The average Bonchev–Trinajstić information content (AvgIpc) is 3.81. The van der Waals surface area contributed by atoms with E-state index in [0.29, 0.717) is 0 Å². The zero-order chi connectivity index (χ0) is 40.3. The van der Waals surface area contributed by atoms with E-state index in [1.165, 1.54) is 60.8 Å². The van der Waals surface area contributed by atoms with E-state index in [-0.39, 0.29) is 0 Å². The minimum atomic E-state index is -0.539. The molecule has 0 bridgehead atoms. The van der Waals surface area contributed by atoms with Crippen LogP contribution in [0, 0.1) is 0 Å². The van der Waals surface area contributed by atoms with E-state index in [1.54, 1.807) is 0 Å². The van der Waals surface area contributed by atoms with Crippen LogP contribution in [-0.2, 0) is 5.41 Å². The fraction of sp³-hybridized carbons (Fsp3) is 0.0169. The maximum atomic E-state index is 2.51. The number of rotatable bonds is 7. The molecule has 0 amide bonds. The van der Waals surface area contributed by atoms with Gasteiger partial charge in [0.1, 0.15) is 0 Å². The van der Waals surface area contributed by atoms with E-state index in [9.17, 15) is 0 Å². The van der Waals surface area contributed by atoms with E-state index < -0.39 is 5.41 Å². The number of hydrogen-bond acceptors (Lipinski definition) is 2. The largest absolute Gasteiger partial charge is 0.311 e. The molecule has 0 saturated heterocycles. The fourth-order valence-corrected chi connectivity index (χ4v) is 10.3. The number of fused-ring (bicyclic) bond motifs is 12. The molecule has 0 heterocycles. The SMILES string of the molecule is c1ccc(N(c2ccccc2)c2ccc(-c3cc(N(c4ccccc4)c4ccccc4)c4c(c3)C3(c5ccccc5-4)c4ccccc4-c4c3ccc3ccccc43)cc2)cc1. The molecule has 0 aliphatic heterocycles. The summed E-state index contributed by atoms with van der Waals surface area (Å²) in [6, 6.07) is 88.9. The first-order valence-electron chi connectivity index (χ1n) is 21.1. The highest BCUT2D eigenvalue weighted by Crippen LogP contribution is 2.66. The van der Waals surface area contributed by atoms with Gasteiger partial charge in [-0.1, -0.05) is 170 Å². The summed E-state index contributed by atoms with van der Waals surface area (Å²) in [5.74, 6) is 0. The number of para-hydroxylation sites is 4. The molecule has 1 spiro atoms. The summed E-state index contributed by atoms with van der Waals surface area (Å²) in [7, 11) is 0. The molecule has 0 fully saturated rings. The summed E-state index contributed by atoms with van der Waals surface area (Å²) < 4.78 is 0. The van der Waals surface area contributed by atoms with Gasteiger partial charge in [-0.15, -0.1) is 0 Å². The van der Waals surface area contributed by atoms with Gasteiger partial charge in [0.2, 0.25) is 0 Å². The van der Waals surface area contributed by atoms with Crippen molar-refractivity contribution in [2.24, 2.45) is 0 Å². The second-order valence-electron chi connectivity index (χ2n) is 16.0. The lowest BCUT2D eigenvalue weighted by atomic mass is 9.70. The Kier molecular flexibility index (Phi) is 8.11. The maximum absolute atomic E-state index is 2.51. The van der Waals surface area contributed by atoms with E-state index in [4.69, 9.17) is 0 Å². The van der Waals surface area contributed by atoms with Crippen molar-refractivity contribution in [2.75, 3.05) is 9.80 Å².